The minimum Gasteiger partial charge on any atom is -0.493 e. The van der Waals surface area contributed by atoms with E-state index in [9.17, 15) is 0 Å². The number of halogens is 1. The van der Waals surface area contributed by atoms with Crippen LogP contribution in [0, 0.1) is 5.92 Å². The number of para-hydroxylation sites is 1. The van der Waals surface area contributed by atoms with E-state index < -0.39 is 0 Å². The fourth-order valence-electron chi connectivity index (χ4n) is 2.90. The van der Waals surface area contributed by atoms with Crippen LogP contribution in [-0.2, 0) is 6.54 Å². The van der Waals surface area contributed by atoms with E-state index in [-0.39, 0.29) is 24.0 Å². The maximum atomic E-state index is 5.98. The quantitative estimate of drug-likeness (QED) is 0.310. The molecule has 26 heavy (non-hydrogen) atoms. The Hall–Kier alpha value is -1.02. The number of nitrogens with zero attached hydrogens (tertiary/aromatic N) is 2. The molecule has 6 heteroatoms. The highest BCUT2D eigenvalue weighted by atomic mass is 127. The summed E-state index contributed by atoms with van der Waals surface area (Å²) in [5.41, 5.74) is 1.17. The van der Waals surface area contributed by atoms with Crippen molar-refractivity contribution in [1.29, 1.82) is 0 Å². The molecule has 0 bridgehead atoms. The molecule has 0 aliphatic heterocycles. The number of hydrogen-bond acceptors (Lipinski definition) is 3. The smallest absolute Gasteiger partial charge is 0.191 e. The lowest BCUT2D eigenvalue weighted by molar-refractivity contribution is 0.231. The number of aliphatic imine (C=N–C) groups is 1. The van der Waals surface area contributed by atoms with Crippen LogP contribution in [-0.4, -0.2) is 50.2 Å². The summed E-state index contributed by atoms with van der Waals surface area (Å²) in [6.45, 7) is 11.2. The van der Waals surface area contributed by atoms with E-state index in [2.05, 4.69) is 59.5 Å². The van der Waals surface area contributed by atoms with Crippen molar-refractivity contribution < 1.29 is 4.74 Å². The molecule has 1 fully saturated rings. The van der Waals surface area contributed by atoms with Crippen molar-refractivity contribution in [3.05, 3.63) is 29.8 Å². The van der Waals surface area contributed by atoms with E-state index in [1.165, 1.54) is 18.4 Å². The van der Waals surface area contributed by atoms with Gasteiger partial charge in [0.15, 0.2) is 5.96 Å². The number of ether oxygens (including phenoxy) is 1. The molecule has 5 nitrogen and oxygen atoms in total. The molecule has 0 spiro atoms. The predicted octanol–water partition coefficient (Wildman–Crippen LogP) is 3.49. The monoisotopic (exact) mass is 474 g/mol. The summed E-state index contributed by atoms with van der Waals surface area (Å²) < 4.78 is 5.98. The summed E-state index contributed by atoms with van der Waals surface area (Å²) in [4.78, 5) is 6.77. The zero-order valence-electron chi connectivity index (χ0n) is 16.6. The van der Waals surface area contributed by atoms with Crippen LogP contribution < -0.4 is 15.4 Å². The fraction of sp³-hybridized carbons (Fsp3) is 0.650. The zero-order valence-corrected chi connectivity index (χ0v) is 19.0. The highest BCUT2D eigenvalue weighted by molar-refractivity contribution is 14.0. The Morgan fingerprint density at radius 2 is 1.92 bits per heavy atom. The Morgan fingerprint density at radius 1 is 1.23 bits per heavy atom. The van der Waals surface area contributed by atoms with Gasteiger partial charge in [0.2, 0.25) is 0 Å². The molecule has 0 radical (unpaired) electrons. The summed E-state index contributed by atoms with van der Waals surface area (Å²) in [6.07, 6.45) is 2.61. The third-order valence-corrected chi connectivity index (χ3v) is 4.81. The van der Waals surface area contributed by atoms with Gasteiger partial charge < -0.3 is 15.4 Å². The standard InChI is InChI=1S/C20H34N4O.HI/c1-5-24(6-2)16(3)13-22-20(21-4)23-14-18-9-7-8-10-19(18)25-15-17-11-12-17;/h7-10,16-17H,5-6,11-15H2,1-4H3,(H2,21,22,23);1H. The van der Waals surface area contributed by atoms with Crippen molar-refractivity contribution in [3.8, 4) is 5.75 Å². The lowest BCUT2D eigenvalue weighted by atomic mass is 10.2. The van der Waals surface area contributed by atoms with Crippen LogP contribution >= 0.6 is 24.0 Å². The molecule has 0 aromatic heterocycles. The van der Waals surface area contributed by atoms with Gasteiger partial charge in [-0.3, -0.25) is 9.89 Å². The number of rotatable bonds is 10. The number of nitrogens with one attached hydrogen (secondary N) is 2. The van der Waals surface area contributed by atoms with E-state index in [1.807, 2.05) is 13.1 Å². The average Bonchev–Trinajstić information content (AvgIpc) is 3.46. The fourth-order valence-corrected chi connectivity index (χ4v) is 2.90. The van der Waals surface area contributed by atoms with Gasteiger partial charge in [0, 0.05) is 31.7 Å². The van der Waals surface area contributed by atoms with Crippen LogP contribution in [0.5, 0.6) is 5.75 Å². The largest absolute Gasteiger partial charge is 0.493 e. The average molecular weight is 474 g/mol. The Balaban J connectivity index is 0.00000338. The molecular weight excluding hydrogens is 439 g/mol. The van der Waals surface area contributed by atoms with Crippen molar-refractivity contribution >= 4 is 29.9 Å². The summed E-state index contributed by atoms with van der Waals surface area (Å²) in [7, 11) is 1.81. The highest BCUT2D eigenvalue weighted by Gasteiger charge is 2.22. The lowest BCUT2D eigenvalue weighted by Crippen LogP contribution is -2.45. The van der Waals surface area contributed by atoms with Crippen molar-refractivity contribution in [2.75, 3.05) is 33.3 Å². The van der Waals surface area contributed by atoms with Gasteiger partial charge in [-0.05, 0) is 44.8 Å². The maximum absolute atomic E-state index is 5.98. The Bertz CT molecular complexity index is 544. The van der Waals surface area contributed by atoms with Gasteiger partial charge in [0.1, 0.15) is 5.75 Å². The van der Waals surface area contributed by atoms with Crippen LogP contribution in [0.25, 0.3) is 0 Å². The van der Waals surface area contributed by atoms with Crippen molar-refractivity contribution in [2.45, 2.75) is 46.2 Å². The van der Waals surface area contributed by atoms with Crippen LogP contribution in [0.2, 0.25) is 0 Å². The molecule has 1 unspecified atom stereocenters. The second kappa shape index (κ2) is 12.4. The van der Waals surface area contributed by atoms with Crippen LogP contribution in [0.4, 0.5) is 0 Å². The third-order valence-electron chi connectivity index (χ3n) is 4.81. The molecule has 148 valence electrons. The van der Waals surface area contributed by atoms with E-state index in [0.29, 0.717) is 12.6 Å². The Kier molecular flexibility index (Phi) is 11.0. The number of guanidine groups is 1. The lowest BCUT2D eigenvalue weighted by Gasteiger charge is -2.27. The first-order valence-electron chi connectivity index (χ1n) is 9.57. The van der Waals surface area contributed by atoms with Gasteiger partial charge in [-0.25, -0.2) is 0 Å². The summed E-state index contributed by atoms with van der Waals surface area (Å²) in [5, 5.41) is 6.82. The Labute approximate surface area is 176 Å². The molecule has 1 aliphatic rings. The molecule has 1 saturated carbocycles. The highest BCUT2D eigenvalue weighted by Crippen LogP contribution is 2.30. The zero-order chi connectivity index (χ0) is 18.1. The van der Waals surface area contributed by atoms with Gasteiger partial charge >= 0.3 is 0 Å². The molecule has 1 aromatic rings. The van der Waals surface area contributed by atoms with Gasteiger partial charge in [-0.2, -0.15) is 0 Å². The van der Waals surface area contributed by atoms with Crippen molar-refractivity contribution in [1.82, 2.24) is 15.5 Å². The van der Waals surface area contributed by atoms with Crippen molar-refractivity contribution in [2.24, 2.45) is 10.9 Å². The first-order chi connectivity index (χ1) is 12.2. The van der Waals surface area contributed by atoms with Crippen LogP contribution in [0.15, 0.2) is 29.3 Å². The molecule has 0 amide bonds. The minimum absolute atomic E-state index is 0. The molecule has 0 saturated heterocycles. The molecule has 2 rings (SSSR count). The van der Waals surface area contributed by atoms with E-state index in [4.69, 9.17) is 4.74 Å². The molecule has 2 N–H and O–H groups in total. The van der Waals surface area contributed by atoms with Gasteiger partial charge in [-0.1, -0.05) is 32.0 Å². The maximum Gasteiger partial charge on any atom is 0.191 e. The topological polar surface area (TPSA) is 48.9 Å². The van der Waals surface area contributed by atoms with E-state index in [0.717, 1.165) is 43.9 Å². The summed E-state index contributed by atoms with van der Waals surface area (Å²) in [5.74, 6) is 2.57. The van der Waals surface area contributed by atoms with Crippen molar-refractivity contribution in [3.63, 3.8) is 0 Å². The molecule has 1 atom stereocenters. The van der Waals surface area contributed by atoms with E-state index in [1.54, 1.807) is 0 Å². The molecule has 0 heterocycles. The molecule has 1 aliphatic carbocycles. The van der Waals surface area contributed by atoms with Crippen LogP contribution in [0.3, 0.4) is 0 Å². The predicted molar refractivity (Wildman–Crippen MR) is 121 cm³/mol. The number of benzene rings is 1. The van der Waals surface area contributed by atoms with Crippen LogP contribution in [0.1, 0.15) is 39.2 Å². The van der Waals surface area contributed by atoms with Gasteiger partial charge in [-0.15, -0.1) is 24.0 Å². The first-order valence-corrected chi connectivity index (χ1v) is 9.57. The van der Waals surface area contributed by atoms with E-state index >= 15 is 0 Å². The SMILES string of the molecule is CCN(CC)C(C)CNC(=NC)NCc1ccccc1OCC1CC1.I. The normalized spacial score (nSPS) is 15.3. The molecule has 1 aromatic carbocycles. The second-order valence-corrected chi connectivity index (χ2v) is 6.74. The summed E-state index contributed by atoms with van der Waals surface area (Å²) in [6, 6.07) is 8.73. The number of likely N-dealkylation sites (N-methyl/N-ethyl adjacent to an activating group) is 1. The van der Waals surface area contributed by atoms with Gasteiger partial charge in [0.25, 0.3) is 0 Å². The first kappa shape index (κ1) is 23.0. The number of hydrogen-bond donors (Lipinski definition) is 2. The Morgan fingerprint density at radius 3 is 2.54 bits per heavy atom. The second-order valence-electron chi connectivity index (χ2n) is 6.74. The minimum atomic E-state index is 0. The third kappa shape index (κ3) is 7.70. The van der Waals surface area contributed by atoms with Gasteiger partial charge in [0.05, 0.1) is 6.61 Å². The summed E-state index contributed by atoms with van der Waals surface area (Å²) >= 11 is 0. The molecular formula is C20H35IN4O.